The van der Waals surface area contributed by atoms with E-state index in [0.717, 1.165) is 0 Å². The molecule has 152 valence electrons. The molecule has 0 radical (unpaired) electrons. The maximum atomic E-state index is 12.4. The highest BCUT2D eigenvalue weighted by molar-refractivity contribution is 6.06. The van der Waals surface area contributed by atoms with Crippen LogP contribution in [0.5, 0.6) is 11.5 Å². The molecule has 2 aromatic carbocycles. The summed E-state index contributed by atoms with van der Waals surface area (Å²) in [6.07, 6.45) is 1.38. The van der Waals surface area contributed by atoms with Gasteiger partial charge in [0.15, 0.2) is 11.5 Å². The van der Waals surface area contributed by atoms with E-state index in [1.165, 1.54) is 11.8 Å². The standard InChI is InChI=1S/C23H27N3O3/c1-5-28-21-12-11-20(13-22(21)29-6-2)25-15-18(14-24)23(27)26-19-9-7-17(8-10-19)16(3)4/h7-13,15-16,25H,5-6H2,1-4H3,(H,26,27)/b18-15-. The Kier molecular flexibility index (Phi) is 8.11. The van der Waals surface area contributed by atoms with E-state index in [9.17, 15) is 10.1 Å². The summed E-state index contributed by atoms with van der Waals surface area (Å²) in [6.45, 7) is 9.03. The molecule has 0 aliphatic heterocycles. The molecule has 0 saturated heterocycles. The summed E-state index contributed by atoms with van der Waals surface area (Å²) in [6, 6.07) is 14.9. The van der Waals surface area contributed by atoms with Gasteiger partial charge in [-0.2, -0.15) is 5.26 Å². The fourth-order valence-electron chi connectivity index (χ4n) is 2.59. The Bertz CT molecular complexity index is 897. The van der Waals surface area contributed by atoms with Crippen molar-refractivity contribution in [3.63, 3.8) is 0 Å². The van der Waals surface area contributed by atoms with E-state index < -0.39 is 5.91 Å². The number of hydrogen-bond acceptors (Lipinski definition) is 5. The Morgan fingerprint density at radius 3 is 2.24 bits per heavy atom. The van der Waals surface area contributed by atoms with Crippen LogP contribution in [-0.4, -0.2) is 19.1 Å². The monoisotopic (exact) mass is 393 g/mol. The molecule has 2 N–H and O–H groups in total. The molecule has 0 heterocycles. The van der Waals surface area contributed by atoms with Crippen molar-refractivity contribution in [3.8, 4) is 17.6 Å². The zero-order valence-electron chi connectivity index (χ0n) is 17.3. The number of hydrogen-bond donors (Lipinski definition) is 2. The van der Waals surface area contributed by atoms with Gasteiger partial charge >= 0.3 is 0 Å². The molecule has 1 amide bonds. The third kappa shape index (κ3) is 6.28. The Hall–Kier alpha value is -3.46. The second-order valence-electron chi connectivity index (χ2n) is 6.57. The molecule has 0 fully saturated rings. The molecule has 6 nitrogen and oxygen atoms in total. The maximum absolute atomic E-state index is 12.4. The van der Waals surface area contributed by atoms with Crippen molar-refractivity contribution in [2.24, 2.45) is 0 Å². The summed E-state index contributed by atoms with van der Waals surface area (Å²) in [5.74, 6) is 1.18. The summed E-state index contributed by atoms with van der Waals surface area (Å²) in [7, 11) is 0. The van der Waals surface area contributed by atoms with Gasteiger partial charge in [0, 0.05) is 23.6 Å². The Morgan fingerprint density at radius 1 is 1.03 bits per heavy atom. The van der Waals surface area contributed by atoms with Crippen LogP contribution in [0, 0.1) is 11.3 Å². The number of nitrogens with one attached hydrogen (secondary N) is 2. The largest absolute Gasteiger partial charge is 0.490 e. The molecular formula is C23H27N3O3. The number of carbonyl (C=O) groups is 1. The van der Waals surface area contributed by atoms with Crippen molar-refractivity contribution in [2.45, 2.75) is 33.6 Å². The van der Waals surface area contributed by atoms with Crippen molar-refractivity contribution in [3.05, 3.63) is 59.8 Å². The molecule has 0 aromatic heterocycles. The third-order valence-electron chi connectivity index (χ3n) is 4.13. The smallest absolute Gasteiger partial charge is 0.267 e. The van der Waals surface area contributed by atoms with Crippen LogP contribution in [0.4, 0.5) is 11.4 Å². The van der Waals surface area contributed by atoms with Crippen LogP contribution in [0.15, 0.2) is 54.2 Å². The topological polar surface area (TPSA) is 83.4 Å². The van der Waals surface area contributed by atoms with Crippen molar-refractivity contribution in [1.29, 1.82) is 5.26 Å². The average Bonchev–Trinajstić information content (AvgIpc) is 2.71. The van der Waals surface area contributed by atoms with E-state index in [1.807, 2.05) is 44.2 Å². The van der Waals surface area contributed by atoms with Gasteiger partial charge in [-0.1, -0.05) is 26.0 Å². The average molecular weight is 393 g/mol. The number of nitriles is 1. The van der Waals surface area contributed by atoms with E-state index in [1.54, 1.807) is 18.2 Å². The molecule has 6 heteroatoms. The van der Waals surface area contributed by atoms with E-state index in [4.69, 9.17) is 9.47 Å². The van der Waals surface area contributed by atoms with Crippen LogP contribution >= 0.6 is 0 Å². The molecule has 0 aliphatic carbocycles. The molecule has 0 saturated carbocycles. The molecule has 2 aromatic rings. The Labute approximate surface area is 172 Å². The summed E-state index contributed by atoms with van der Waals surface area (Å²) in [5, 5.41) is 15.1. The summed E-state index contributed by atoms with van der Waals surface area (Å²) < 4.78 is 11.1. The van der Waals surface area contributed by atoms with Gasteiger partial charge in [-0.05, 0) is 49.6 Å². The zero-order valence-corrected chi connectivity index (χ0v) is 17.3. The number of amides is 1. The normalized spacial score (nSPS) is 11.0. The fourth-order valence-corrected chi connectivity index (χ4v) is 2.59. The Balaban J connectivity index is 2.10. The maximum Gasteiger partial charge on any atom is 0.267 e. The lowest BCUT2D eigenvalue weighted by atomic mass is 10.0. The minimum Gasteiger partial charge on any atom is -0.490 e. The second-order valence-corrected chi connectivity index (χ2v) is 6.57. The van der Waals surface area contributed by atoms with Crippen LogP contribution in [0.25, 0.3) is 0 Å². The number of anilines is 2. The van der Waals surface area contributed by atoms with E-state index in [2.05, 4.69) is 24.5 Å². The van der Waals surface area contributed by atoms with Gasteiger partial charge in [0.2, 0.25) is 0 Å². The van der Waals surface area contributed by atoms with Gasteiger partial charge in [-0.25, -0.2) is 0 Å². The van der Waals surface area contributed by atoms with Gasteiger partial charge in [0.25, 0.3) is 5.91 Å². The quantitative estimate of drug-likeness (QED) is 0.459. The minimum atomic E-state index is -0.478. The lowest BCUT2D eigenvalue weighted by molar-refractivity contribution is -0.112. The number of rotatable bonds is 9. The van der Waals surface area contributed by atoms with Gasteiger partial charge < -0.3 is 20.1 Å². The molecule has 0 aliphatic rings. The van der Waals surface area contributed by atoms with Gasteiger partial charge in [-0.3, -0.25) is 4.79 Å². The highest BCUT2D eigenvalue weighted by atomic mass is 16.5. The first-order chi connectivity index (χ1) is 14.0. The molecule has 0 atom stereocenters. The van der Waals surface area contributed by atoms with Crippen molar-refractivity contribution < 1.29 is 14.3 Å². The first kappa shape index (κ1) is 21.8. The van der Waals surface area contributed by atoms with Crippen LogP contribution in [0.1, 0.15) is 39.2 Å². The summed E-state index contributed by atoms with van der Waals surface area (Å²) in [4.78, 5) is 12.4. The minimum absolute atomic E-state index is 0.0372. The van der Waals surface area contributed by atoms with E-state index in [0.29, 0.717) is 42.0 Å². The highest BCUT2D eigenvalue weighted by Gasteiger charge is 2.11. The molecule has 29 heavy (non-hydrogen) atoms. The molecule has 0 unspecified atom stereocenters. The van der Waals surface area contributed by atoms with Crippen LogP contribution in [0.3, 0.4) is 0 Å². The van der Waals surface area contributed by atoms with Crippen molar-refractivity contribution >= 4 is 17.3 Å². The van der Waals surface area contributed by atoms with Crippen molar-refractivity contribution in [1.82, 2.24) is 0 Å². The van der Waals surface area contributed by atoms with Crippen LogP contribution < -0.4 is 20.1 Å². The number of ether oxygens (including phenoxy) is 2. The molecular weight excluding hydrogens is 366 g/mol. The third-order valence-corrected chi connectivity index (χ3v) is 4.13. The zero-order chi connectivity index (χ0) is 21.2. The van der Waals surface area contributed by atoms with Crippen LogP contribution in [-0.2, 0) is 4.79 Å². The van der Waals surface area contributed by atoms with E-state index >= 15 is 0 Å². The Morgan fingerprint density at radius 2 is 1.66 bits per heavy atom. The second kappa shape index (κ2) is 10.8. The fraction of sp³-hybridized carbons (Fsp3) is 0.304. The number of benzene rings is 2. The van der Waals surface area contributed by atoms with Gasteiger partial charge in [0.05, 0.1) is 13.2 Å². The van der Waals surface area contributed by atoms with Gasteiger partial charge in [-0.15, -0.1) is 0 Å². The molecule has 0 bridgehead atoms. The number of carbonyl (C=O) groups excluding carboxylic acids is 1. The summed E-state index contributed by atoms with van der Waals surface area (Å²) >= 11 is 0. The highest BCUT2D eigenvalue weighted by Crippen LogP contribution is 2.30. The number of nitrogens with zero attached hydrogens (tertiary/aromatic N) is 1. The lowest BCUT2D eigenvalue weighted by Crippen LogP contribution is -2.14. The van der Waals surface area contributed by atoms with Crippen LogP contribution in [0.2, 0.25) is 0 Å². The predicted molar refractivity (Wildman–Crippen MR) is 115 cm³/mol. The van der Waals surface area contributed by atoms with Gasteiger partial charge in [0.1, 0.15) is 11.6 Å². The summed E-state index contributed by atoms with van der Waals surface area (Å²) in [5.41, 5.74) is 2.46. The first-order valence-corrected chi connectivity index (χ1v) is 9.66. The predicted octanol–water partition coefficient (Wildman–Crippen LogP) is 5.07. The van der Waals surface area contributed by atoms with Crippen molar-refractivity contribution in [2.75, 3.05) is 23.8 Å². The lowest BCUT2D eigenvalue weighted by Gasteiger charge is -2.12. The SMILES string of the molecule is CCOc1ccc(N/C=C(/C#N)C(=O)Nc2ccc(C(C)C)cc2)cc1OCC. The molecule has 2 rings (SSSR count). The van der Waals surface area contributed by atoms with E-state index in [-0.39, 0.29) is 5.57 Å². The first-order valence-electron chi connectivity index (χ1n) is 9.66. The molecule has 0 spiro atoms.